The van der Waals surface area contributed by atoms with E-state index in [1.54, 1.807) is 11.9 Å². The van der Waals surface area contributed by atoms with E-state index in [1.807, 2.05) is 59.6 Å². The van der Waals surface area contributed by atoms with Gasteiger partial charge in [0.15, 0.2) is 0 Å². The van der Waals surface area contributed by atoms with Crippen LogP contribution in [0.3, 0.4) is 0 Å². The first-order chi connectivity index (χ1) is 13.1. The maximum Gasteiger partial charge on any atom is 0.232 e. The normalized spacial score (nSPS) is 16.9. The van der Waals surface area contributed by atoms with E-state index in [4.69, 9.17) is 0 Å². The van der Waals surface area contributed by atoms with Gasteiger partial charge in [0.1, 0.15) is 0 Å². The third kappa shape index (κ3) is 3.45. The van der Waals surface area contributed by atoms with Gasteiger partial charge in [0.05, 0.1) is 5.92 Å². The van der Waals surface area contributed by atoms with Gasteiger partial charge in [-0.15, -0.1) is 0 Å². The molecule has 0 saturated carbocycles. The van der Waals surface area contributed by atoms with Crippen LogP contribution in [0.15, 0.2) is 60.8 Å². The van der Waals surface area contributed by atoms with E-state index in [1.165, 1.54) is 10.9 Å². The fourth-order valence-corrected chi connectivity index (χ4v) is 3.80. The number of aromatic amines is 1. The number of likely N-dealkylation sites (tertiary alicyclic amines) is 1. The van der Waals surface area contributed by atoms with E-state index in [0.29, 0.717) is 19.5 Å². The SMILES string of the molecule is CN(C(=O)C1CC(=O)N(CCc2c[nH]c3ccccc23)C1)c1ccccc1. The van der Waals surface area contributed by atoms with E-state index >= 15 is 0 Å². The summed E-state index contributed by atoms with van der Waals surface area (Å²) in [4.78, 5) is 32.0. The number of nitrogens with zero attached hydrogens (tertiary/aromatic N) is 2. The van der Waals surface area contributed by atoms with E-state index in [-0.39, 0.29) is 17.7 Å². The number of hydrogen-bond acceptors (Lipinski definition) is 2. The van der Waals surface area contributed by atoms with Crippen LogP contribution in [0.2, 0.25) is 0 Å². The van der Waals surface area contributed by atoms with Crippen molar-refractivity contribution in [2.75, 3.05) is 25.0 Å². The largest absolute Gasteiger partial charge is 0.361 e. The van der Waals surface area contributed by atoms with Gasteiger partial charge in [-0.05, 0) is 30.2 Å². The first-order valence-electron chi connectivity index (χ1n) is 9.29. The Morgan fingerprint density at radius 1 is 1.15 bits per heavy atom. The van der Waals surface area contributed by atoms with Crippen LogP contribution in [0.5, 0.6) is 0 Å². The fraction of sp³-hybridized carbons (Fsp3) is 0.273. The lowest BCUT2D eigenvalue weighted by atomic mass is 10.1. The number of aromatic nitrogens is 1. The van der Waals surface area contributed by atoms with Crippen molar-refractivity contribution in [1.82, 2.24) is 9.88 Å². The molecular weight excluding hydrogens is 338 g/mol. The minimum atomic E-state index is -0.273. The molecule has 2 amide bonds. The van der Waals surface area contributed by atoms with E-state index in [0.717, 1.165) is 17.6 Å². The second kappa shape index (κ2) is 7.27. The van der Waals surface area contributed by atoms with Crippen molar-refractivity contribution < 1.29 is 9.59 Å². The van der Waals surface area contributed by atoms with Crippen molar-refractivity contribution in [3.05, 3.63) is 66.4 Å². The van der Waals surface area contributed by atoms with Crippen molar-refractivity contribution in [3.63, 3.8) is 0 Å². The third-order valence-corrected chi connectivity index (χ3v) is 5.36. The van der Waals surface area contributed by atoms with Gasteiger partial charge in [-0.3, -0.25) is 9.59 Å². The number of rotatable bonds is 5. The Hall–Kier alpha value is -3.08. The van der Waals surface area contributed by atoms with Gasteiger partial charge in [-0.2, -0.15) is 0 Å². The molecule has 5 nitrogen and oxygen atoms in total. The minimum Gasteiger partial charge on any atom is -0.361 e. The molecule has 27 heavy (non-hydrogen) atoms. The quantitative estimate of drug-likeness (QED) is 0.759. The van der Waals surface area contributed by atoms with Gasteiger partial charge >= 0.3 is 0 Å². The number of carbonyl (C=O) groups excluding carboxylic acids is 2. The van der Waals surface area contributed by atoms with Gasteiger partial charge in [0, 0.05) is 49.3 Å². The Bertz CT molecular complexity index is 964. The molecule has 2 heterocycles. The van der Waals surface area contributed by atoms with E-state index in [9.17, 15) is 9.59 Å². The monoisotopic (exact) mass is 361 g/mol. The van der Waals surface area contributed by atoms with Crippen LogP contribution >= 0.6 is 0 Å². The highest BCUT2D eigenvalue weighted by molar-refractivity contribution is 5.98. The molecule has 1 unspecified atom stereocenters. The predicted molar refractivity (Wildman–Crippen MR) is 107 cm³/mol. The Labute approximate surface area is 158 Å². The molecule has 1 aromatic heterocycles. The van der Waals surface area contributed by atoms with Crippen LogP contribution in [0.1, 0.15) is 12.0 Å². The van der Waals surface area contributed by atoms with Crippen LogP contribution in [-0.2, 0) is 16.0 Å². The van der Waals surface area contributed by atoms with Gasteiger partial charge in [-0.25, -0.2) is 0 Å². The molecule has 1 aliphatic heterocycles. The highest BCUT2D eigenvalue weighted by atomic mass is 16.2. The molecule has 4 rings (SSSR count). The van der Waals surface area contributed by atoms with Gasteiger partial charge in [-0.1, -0.05) is 36.4 Å². The van der Waals surface area contributed by atoms with E-state index in [2.05, 4.69) is 11.1 Å². The lowest BCUT2D eigenvalue weighted by Crippen LogP contribution is -2.35. The molecule has 2 aromatic carbocycles. The molecule has 0 spiro atoms. The smallest absolute Gasteiger partial charge is 0.232 e. The Balaban J connectivity index is 1.39. The number of fused-ring (bicyclic) bond motifs is 1. The Morgan fingerprint density at radius 3 is 2.70 bits per heavy atom. The summed E-state index contributed by atoms with van der Waals surface area (Å²) < 4.78 is 0. The summed E-state index contributed by atoms with van der Waals surface area (Å²) in [5, 5.41) is 1.19. The average Bonchev–Trinajstić information content (AvgIpc) is 3.29. The lowest BCUT2D eigenvalue weighted by molar-refractivity contribution is -0.128. The molecule has 1 fully saturated rings. The standard InChI is InChI=1S/C22H23N3O2/c1-24(18-7-3-2-4-8-18)22(27)17-13-21(26)25(15-17)12-11-16-14-23-20-10-6-5-9-19(16)20/h2-10,14,17,23H,11-13,15H2,1H3. The number of amides is 2. The molecule has 0 bridgehead atoms. The summed E-state index contributed by atoms with van der Waals surface area (Å²) in [6.07, 6.45) is 3.09. The second-order valence-electron chi connectivity index (χ2n) is 7.08. The van der Waals surface area contributed by atoms with Crippen molar-refractivity contribution in [1.29, 1.82) is 0 Å². The zero-order valence-electron chi connectivity index (χ0n) is 15.4. The highest BCUT2D eigenvalue weighted by Crippen LogP contribution is 2.24. The predicted octanol–water partition coefficient (Wildman–Crippen LogP) is 3.22. The first kappa shape index (κ1) is 17.3. The van der Waals surface area contributed by atoms with Crippen LogP contribution in [0.25, 0.3) is 10.9 Å². The molecule has 138 valence electrons. The molecular formula is C22H23N3O2. The molecule has 1 aliphatic rings. The molecule has 3 aromatic rings. The number of hydrogen-bond donors (Lipinski definition) is 1. The number of carbonyl (C=O) groups is 2. The number of nitrogens with one attached hydrogen (secondary N) is 1. The second-order valence-corrected chi connectivity index (χ2v) is 7.08. The molecule has 1 atom stereocenters. The van der Waals surface area contributed by atoms with Gasteiger partial charge < -0.3 is 14.8 Å². The van der Waals surface area contributed by atoms with E-state index < -0.39 is 0 Å². The molecule has 1 saturated heterocycles. The zero-order chi connectivity index (χ0) is 18.8. The highest BCUT2D eigenvalue weighted by Gasteiger charge is 2.35. The van der Waals surface area contributed by atoms with Crippen LogP contribution in [0.4, 0.5) is 5.69 Å². The summed E-state index contributed by atoms with van der Waals surface area (Å²) in [6, 6.07) is 17.7. The van der Waals surface area contributed by atoms with Crippen molar-refractivity contribution in [2.24, 2.45) is 5.92 Å². The van der Waals surface area contributed by atoms with Gasteiger partial charge in [0.25, 0.3) is 0 Å². The molecule has 1 N–H and O–H groups in total. The van der Waals surface area contributed by atoms with Crippen LogP contribution < -0.4 is 4.90 Å². The first-order valence-corrected chi connectivity index (χ1v) is 9.29. The molecule has 0 radical (unpaired) electrons. The maximum atomic E-state index is 12.8. The summed E-state index contributed by atoms with van der Waals surface area (Å²) in [6.45, 7) is 1.14. The van der Waals surface area contributed by atoms with Crippen LogP contribution in [-0.4, -0.2) is 41.8 Å². The summed E-state index contributed by atoms with van der Waals surface area (Å²) in [5.41, 5.74) is 3.17. The molecule has 5 heteroatoms. The Kier molecular flexibility index (Phi) is 4.67. The lowest BCUT2D eigenvalue weighted by Gasteiger charge is -2.21. The maximum absolute atomic E-state index is 12.8. The van der Waals surface area contributed by atoms with Crippen molar-refractivity contribution >= 4 is 28.4 Å². The van der Waals surface area contributed by atoms with Gasteiger partial charge in [0.2, 0.25) is 11.8 Å². The Morgan fingerprint density at radius 2 is 1.89 bits per heavy atom. The van der Waals surface area contributed by atoms with Crippen LogP contribution in [0, 0.1) is 5.92 Å². The number of anilines is 1. The summed E-state index contributed by atoms with van der Waals surface area (Å²) in [5.74, 6) is -0.204. The number of para-hydroxylation sites is 2. The minimum absolute atomic E-state index is 0.00384. The van der Waals surface area contributed by atoms with Crippen molar-refractivity contribution in [2.45, 2.75) is 12.8 Å². The topological polar surface area (TPSA) is 56.4 Å². The third-order valence-electron chi connectivity index (χ3n) is 5.36. The summed E-state index contributed by atoms with van der Waals surface area (Å²) >= 11 is 0. The zero-order valence-corrected chi connectivity index (χ0v) is 15.4. The summed E-state index contributed by atoms with van der Waals surface area (Å²) in [7, 11) is 1.77. The fourth-order valence-electron chi connectivity index (χ4n) is 3.80. The van der Waals surface area contributed by atoms with Crippen molar-refractivity contribution in [3.8, 4) is 0 Å². The molecule has 0 aliphatic carbocycles. The number of benzene rings is 2. The average molecular weight is 361 g/mol. The number of H-pyrrole nitrogens is 1.